The minimum absolute atomic E-state index is 0.0158. The van der Waals surface area contributed by atoms with E-state index >= 15 is 0 Å². The van der Waals surface area contributed by atoms with Gasteiger partial charge in [0.25, 0.3) is 0 Å². The highest BCUT2D eigenvalue weighted by molar-refractivity contribution is 7.09. The van der Waals surface area contributed by atoms with E-state index in [1.54, 1.807) is 28.4 Å². The summed E-state index contributed by atoms with van der Waals surface area (Å²) in [5.74, 6) is -0.0158. The summed E-state index contributed by atoms with van der Waals surface area (Å²) in [6, 6.07) is 7.56. The van der Waals surface area contributed by atoms with Crippen LogP contribution in [0.1, 0.15) is 22.4 Å². The Balaban J connectivity index is 1.64. The summed E-state index contributed by atoms with van der Waals surface area (Å²) in [7, 11) is 0. The van der Waals surface area contributed by atoms with Crippen molar-refractivity contribution in [3.8, 4) is 0 Å². The number of halogens is 1. The van der Waals surface area contributed by atoms with Crippen LogP contribution in [0.5, 0.6) is 0 Å². The van der Waals surface area contributed by atoms with E-state index in [4.69, 9.17) is 16.3 Å². The van der Waals surface area contributed by atoms with Crippen molar-refractivity contribution in [1.82, 2.24) is 9.88 Å². The first-order valence-electron chi connectivity index (χ1n) is 7.38. The smallest absolute Gasteiger partial charge is 0.246 e. The molecule has 0 unspecified atom stereocenters. The van der Waals surface area contributed by atoms with E-state index < -0.39 is 0 Å². The van der Waals surface area contributed by atoms with Crippen LogP contribution in [-0.4, -0.2) is 35.5 Å². The standard InChI is InChI=1S/C17H17ClN2O2S/c1-12-19-15(11-23-12)6-7-17(21)20-8-9-22-16(10-20)13-2-4-14(18)5-3-13/h2-7,11,16H,8-10H2,1H3/b7-6+/t16-/m1/s1. The summed E-state index contributed by atoms with van der Waals surface area (Å²) in [4.78, 5) is 18.5. The summed E-state index contributed by atoms with van der Waals surface area (Å²) >= 11 is 7.48. The van der Waals surface area contributed by atoms with Gasteiger partial charge in [0, 0.05) is 23.0 Å². The molecule has 23 heavy (non-hydrogen) atoms. The van der Waals surface area contributed by atoms with Crippen LogP contribution in [0.4, 0.5) is 0 Å². The third-order valence-electron chi connectivity index (χ3n) is 3.65. The number of hydrogen-bond acceptors (Lipinski definition) is 4. The molecule has 0 saturated carbocycles. The molecule has 2 aromatic rings. The molecule has 0 spiro atoms. The summed E-state index contributed by atoms with van der Waals surface area (Å²) in [5.41, 5.74) is 1.86. The molecule has 120 valence electrons. The first-order chi connectivity index (χ1) is 11.1. The summed E-state index contributed by atoms with van der Waals surface area (Å²) in [6.45, 7) is 3.62. The fourth-order valence-electron chi connectivity index (χ4n) is 2.45. The average Bonchev–Trinajstić information content (AvgIpc) is 2.99. The molecule has 1 aromatic heterocycles. The van der Waals surface area contributed by atoms with Crippen molar-refractivity contribution < 1.29 is 9.53 Å². The van der Waals surface area contributed by atoms with E-state index in [9.17, 15) is 4.79 Å². The number of thiazole rings is 1. The third kappa shape index (κ3) is 4.19. The van der Waals surface area contributed by atoms with Gasteiger partial charge in [-0.2, -0.15) is 0 Å². The van der Waals surface area contributed by atoms with Crippen LogP contribution in [0.15, 0.2) is 35.7 Å². The lowest BCUT2D eigenvalue weighted by molar-refractivity contribution is -0.133. The van der Waals surface area contributed by atoms with Crippen molar-refractivity contribution in [3.05, 3.63) is 57.0 Å². The molecule has 1 amide bonds. The molecule has 2 heterocycles. The number of aromatic nitrogens is 1. The molecule has 0 N–H and O–H groups in total. The summed E-state index contributed by atoms with van der Waals surface area (Å²) in [6.07, 6.45) is 3.23. The van der Waals surface area contributed by atoms with Gasteiger partial charge in [-0.05, 0) is 30.7 Å². The fourth-order valence-corrected chi connectivity index (χ4v) is 3.15. The van der Waals surface area contributed by atoms with E-state index in [0.29, 0.717) is 24.7 Å². The average molecular weight is 349 g/mol. The summed E-state index contributed by atoms with van der Waals surface area (Å²) < 4.78 is 5.78. The van der Waals surface area contributed by atoms with Crippen molar-refractivity contribution in [1.29, 1.82) is 0 Å². The lowest BCUT2D eigenvalue weighted by Gasteiger charge is -2.32. The fraction of sp³-hybridized carbons (Fsp3) is 0.294. The zero-order valence-electron chi connectivity index (χ0n) is 12.7. The molecule has 4 nitrogen and oxygen atoms in total. The molecule has 1 aliphatic heterocycles. The normalized spacial score (nSPS) is 18.5. The topological polar surface area (TPSA) is 42.4 Å². The highest BCUT2D eigenvalue weighted by atomic mass is 35.5. The predicted molar refractivity (Wildman–Crippen MR) is 92.6 cm³/mol. The van der Waals surface area contributed by atoms with Crippen molar-refractivity contribution in [3.63, 3.8) is 0 Å². The van der Waals surface area contributed by atoms with Gasteiger partial charge in [-0.25, -0.2) is 4.98 Å². The van der Waals surface area contributed by atoms with E-state index in [0.717, 1.165) is 16.3 Å². The van der Waals surface area contributed by atoms with Crippen LogP contribution in [-0.2, 0) is 9.53 Å². The largest absolute Gasteiger partial charge is 0.370 e. The molecule has 1 saturated heterocycles. The van der Waals surface area contributed by atoms with Crippen molar-refractivity contribution >= 4 is 34.9 Å². The number of nitrogens with zero attached hydrogens (tertiary/aromatic N) is 2. The molecule has 0 bridgehead atoms. The minimum atomic E-state index is -0.111. The van der Waals surface area contributed by atoms with E-state index in [-0.39, 0.29) is 12.0 Å². The summed E-state index contributed by atoms with van der Waals surface area (Å²) in [5, 5.41) is 3.62. The highest BCUT2D eigenvalue weighted by Gasteiger charge is 2.24. The molecule has 0 radical (unpaired) electrons. The Bertz CT molecular complexity index is 712. The van der Waals surface area contributed by atoms with Crippen LogP contribution >= 0.6 is 22.9 Å². The maximum atomic E-state index is 12.3. The minimum Gasteiger partial charge on any atom is -0.370 e. The van der Waals surface area contributed by atoms with Gasteiger partial charge >= 0.3 is 0 Å². The van der Waals surface area contributed by atoms with Crippen LogP contribution in [0, 0.1) is 6.92 Å². The quantitative estimate of drug-likeness (QED) is 0.794. The van der Waals surface area contributed by atoms with Gasteiger partial charge in [-0.3, -0.25) is 4.79 Å². The maximum absolute atomic E-state index is 12.3. The third-order valence-corrected chi connectivity index (χ3v) is 4.70. The van der Waals surface area contributed by atoms with E-state index in [1.165, 1.54) is 0 Å². The number of carbonyl (C=O) groups is 1. The Morgan fingerprint density at radius 2 is 2.22 bits per heavy atom. The number of ether oxygens (including phenoxy) is 1. The molecular formula is C17H17ClN2O2S. The second-order valence-electron chi connectivity index (χ2n) is 5.32. The molecule has 3 rings (SSSR count). The lowest BCUT2D eigenvalue weighted by atomic mass is 10.1. The monoisotopic (exact) mass is 348 g/mol. The molecule has 6 heteroatoms. The predicted octanol–water partition coefficient (Wildman–Crippen LogP) is 3.72. The maximum Gasteiger partial charge on any atom is 0.246 e. The van der Waals surface area contributed by atoms with Crippen molar-refractivity contribution in [2.24, 2.45) is 0 Å². The molecule has 1 atom stereocenters. The molecule has 1 aromatic carbocycles. The van der Waals surface area contributed by atoms with E-state index in [1.807, 2.05) is 36.6 Å². The second kappa shape index (κ2) is 7.25. The number of morpholine rings is 1. The molecule has 0 aliphatic carbocycles. The van der Waals surface area contributed by atoms with Gasteiger partial charge in [0.05, 0.1) is 23.9 Å². The van der Waals surface area contributed by atoms with Gasteiger partial charge in [0.1, 0.15) is 6.10 Å². The van der Waals surface area contributed by atoms with Crippen molar-refractivity contribution in [2.75, 3.05) is 19.7 Å². The highest BCUT2D eigenvalue weighted by Crippen LogP contribution is 2.24. The van der Waals surface area contributed by atoms with Crippen LogP contribution in [0.25, 0.3) is 6.08 Å². The van der Waals surface area contributed by atoms with E-state index in [2.05, 4.69) is 4.98 Å². The molecule has 1 aliphatic rings. The second-order valence-corrected chi connectivity index (χ2v) is 6.82. The lowest BCUT2D eigenvalue weighted by Crippen LogP contribution is -2.41. The SMILES string of the molecule is Cc1nc(/C=C/C(=O)N2CCO[C@@H](c3ccc(Cl)cc3)C2)cs1. The van der Waals surface area contributed by atoms with Gasteiger partial charge in [-0.15, -0.1) is 11.3 Å². The first kappa shape index (κ1) is 16.2. The van der Waals surface area contributed by atoms with Gasteiger partial charge in [0.15, 0.2) is 0 Å². The Labute approximate surface area is 144 Å². The zero-order chi connectivity index (χ0) is 16.2. The molecular weight excluding hydrogens is 332 g/mol. The number of aryl methyl sites for hydroxylation is 1. The van der Waals surface area contributed by atoms with Crippen LogP contribution in [0.3, 0.4) is 0 Å². The zero-order valence-corrected chi connectivity index (χ0v) is 14.3. The number of rotatable bonds is 3. The van der Waals surface area contributed by atoms with Crippen LogP contribution in [0.2, 0.25) is 5.02 Å². The Hall–Kier alpha value is -1.69. The Kier molecular flexibility index (Phi) is 5.10. The van der Waals surface area contributed by atoms with Gasteiger partial charge < -0.3 is 9.64 Å². The number of amides is 1. The molecule has 1 fully saturated rings. The van der Waals surface area contributed by atoms with Gasteiger partial charge in [-0.1, -0.05) is 23.7 Å². The van der Waals surface area contributed by atoms with Gasteiger partial charge in [0.2, 0.25) is 5.91 Å². The van der Waals surface area contributed by atoms with Crippen molar-refractivity contribution in [2.45, 2.75) is 13.0 Å². The number of hydrogen-bond donors (Lipinski definition) is 0. The number of carbonyl (C=O) groups excluding carboxylic acids is 1. The Morgan fingerprint density at radius 3 is 2.91 bits per heavy atom. The first-order valence-corrected chi connectivity index (χ1v) is 8.64. The Morgan fingerprint density at radius 1 is 1.43 bits per heavy atom. The van der Waals surface area contributed by atoms with Crippen LogP contribution < -0.4 is 0 Å². The number of benzene rings is 1.